The molecule has 2 N–H and O–H groups in total. The number of benzene rings is 1. The summed E-state index contributed by atoms with van der Waals surface area (Å²) in [4.78, 5) is 13.4. The summed E-state index contributed by atoms with van der Waals surface area (Å²) in [5, 5.41) is 9.74. The molecule has 0 saturated carbocycles. The summed E-state index contributed by atoms with van der Waals surface area (Å²) in [7, 11) is 0. The molecule has 2 heterocycles. The predicted molar refractivity (Wildman–Crippen MR) is 99.2 cm³/mol. The minimum Gasteiger partial charge on any atom is -0.354 e. The average Bonchev–Trinajstić information content (AvgIpc) is 3.16. The van der Waals surface area contributed by atoms with Crippen LogP contribution in [-0.4, -0.2) is 65.5 Å². The molecule has 2 aromatic rings. The van der Waals surface area contributed by atoms with Gasteiger partial charge >= 0.3 is 6.18 Å². The number of aryl methyl sites for hydroxylation is 1. The van der Waals surface area contributed by atoms with E-state index in [0.29, 0.717) is 32.6 Å². The second-order valence-corrected chi connectivity index (χ2v) is 6.78. The molecule has 0 bridgehead atoms. The number of carbonyl (C=O) groups excluding carboxylic acids is 1. The molecule has 1 aliphatic rings. The largest absolute Gasteiger partial charge is 0.405 e. The van der Waals surface area contributed by atoms with Crippen LogP contribution in [0.5, 0.6) is 0 Å². The molecule has 152 valence electrons. The molecule has 0 radical (unpaired) electrons. The zero-order valence-corrected chi connectivity index (χ0v) is 15.5. The molecule has 1 atom stereocenters. The zero-order chi connectivity index (χ0) is 20.0. The van der Waals surface area contributed by atoms with Gasteiger partial charge in [0.25, 0.3) is 0 Å². The molecule has 1 fully saturated rings. The van der Waals surface area contributed by atoms with Crippen LogP contribution in [0.4, 0.5) is 13.2 Å². The molecule has 1 unspecified atom stereocenters. The third-order valence-electron chi connectivity index (χ3n) is 4.76. The van der Waals surface area contributed by atoms with E-state index in [1.54, 1.807) is 10.9 Å². The Bertz CT molecular complexity index is 756. The Balaban J connectivity index is 1.49. The summed E-state index contributed by atoms with van der Waals surface area (Å²) in [6.07, 6.45) is -0.349. The molecular formula is C19H24F3N5O. The number of aromatic nitrogens is 2. The van der Waals surface area contributed by atoms with E-state index in [4.69, 9.17) is 0 Å². The monoisotopic (exact) mass is 395 g/mol. The van der Waals surface area contributed by atoms with E-state index >= 15 is 0 Å². The highest BCUT2D eigenvalue weighted by Crippen LogP contribution is 2.24. The number of hydrogen-bond acceptors (Lipinski definition) is 4. The predicted octanol–water partition coefficient (Wildman–Crippen LogP) is 1.76. The van der Waals surface area contributed by atoms with Crippen LogP contribution in [0.3, 0.4) is 0 Å². The first kappa shape index (κ1) is 20.3. The molecule has 6 nitrogen and oxygen atoms in total. The van der Waals surface area contributed by atoms with Crippen molar-refractivity contribution in [3.8, 4) is 5.69 Å². The van der Waals surface area contributed by atoms with E-state index in [0.717, 1.165) is 11.3 Å². The number of nitrogens with one attached hydrogen (secondary N) is 2. The molecule has 9 heteroatoms. The van der Waals surface area contributed by atoms with Crippen molar-refractivity contribution < 1.29 is 18.0 Å². The number of piperazine rings is 1. The summed E-state index contributed by atoms with van der Waals surface area (Å²) in [6.45, 7) is 1.25. The van der Waals surface area contributed by atoms with E-state index < -0.39 is 24.7 Å². The summed E-state index contributed by atoms with van der Waals surface area (Å²) >= 11 is 0. The van der Waals surface area contributed by atoms with E-state index in [1.165, 1.54) is 4.90 Å². The van der Waals surface area contributed by atoms with Gasteiger partial charge in [0, 0.05) is 45.3 Å². The number of rotatable bonds is 7. The lowest BCUT2D eigenvalue weighted by molar-refractivity contribution is -0.184. The van der Waals surface area contributed by atoms with Gasteiger partial charge < -0.3 is 10.6 Å². The lowest BCUT2D eigenvalue weighted by atomic mass is 10.1. The first-order chi connectivity index (χ1) is 13.4. The Kier molecular flexibility index (Phi) is 6.69. The van der Waals surface area contributed by atoms with Gasteiger partial charge in [-0.25, -0.2) is 4.68 Å². The molecule has 1 aromatic heterocycles. The number of carbonyl (C=O) groups is 1. The lowest BCUT2D eigenvalue weighted by Crippen LogP contribution is -2.57. The topological polar surface area (TPSA) is 62.2 Å². The number of amides is 1. The molecule has 3 rings (SSSR count). The molecule has 1 saturated heterocycles. The highest BCUT2D eigenvalue weighted by atomic mass is 19.4. The fourth-order valence-electron chi connectivity index (χ4n) is 3.21. The summed E-state index contributed by atoms with van der Waals surface area (Å²) in [6, 6.07) is 7.89. The number of nitrogens with zero attached hydrogens (tertiary/aromatic N) is 3. The maximum atomic E-state index is 13.3. The van der Waals surface area contributed by atoms with Crippen molar-refractivity contribution in [1.82, 2.24) is 25.3 Å². The zero-order valence-electron chi connectivity index (χ0n) is 15.5. The lowest BCUT2D eigenvalue weighted by Gasteiger charge is -2.35. The van der Waals surface area contributed by atoms with Crippen LogP contribution in [0.1, 0.15) is 12.0 Å². The Morgan fingerprint density at radius 3 is 2.61 bits per heavy atom. The summed E-state index contributed by atoms with van der Waals surface area (Å²) in [5.74, 6) is -0.392. The smallest absolute Gasteiger partial charge is 0.354 e. The first-order valence-corrected chi connectivity index (χ1v) is 9.30. The van der Waals surface area contributed by atoms with Gasteiger partial charge in [0.1, 0.15) is 6.04 Å². The van der Waals surface area contributed by atoms with Crippen molar-refractivity contribution in [2.45, 2.75) is 25.1 Å². The van der Waals surface area contributed by atoms with Crippen LogP contribution in [0.2, 0.25) is 0 Å². The van der Waals surface area contributed by atoms with Crippen LogP contribution < -0.4 is 10.6 Å². The third kappa shape index (κ3) is 5.56. The highest BCUT2D eigenvalue weighted by Gasteiger charge is 2.43. The maximum Gasteiger partial charge on any atom is 0.405 e. The first-order valence-electron chi connectivity index (χ1n) is 9.30. The Hall–Kier alpha value is -2.39. The quantitative estimate of drug-likeness (QED) is 0.750. The summed E-state index contributed by atoms with van der Waals surface area (Å²) in [5.41, 5.74) is 1.76. The standard InChI is InChI=1S/C19H24F3N5O/c20-19(21,22)17(26-10-8-23-9-11-26)13-24-18(28)7-6-15-12-25-27(14-15)16-4-2-1-3-5-16/h1-5,12,14,17,23H,6-11,13H2,(H,24,28). The molecule has 1 amide bonds. The molecule has 1 aromatic carbocycles. The van der Waals surface area contributed by atoms with Crippen LogP contribution in [0.15, 0.2) is 42.7 Å². The molecule has 28 heavy (non-hydrogen) atoms. The highest BCUT2D eigenvalue weighted by molar-refractivity contribution is 5.76. The Labute approximate surface area is 161 Å². The van der Waals surface area contributed by atoms with Gasteiger partial charge in [0.15, 0.2) is 0 Å². The maximum absolute atomic E-state index is 13.3. The van der Waals surface area contributed by atoms with Crippen LogP contribution in [0.25, 0.3) is 5.69 Å². The third-order valence-corrected chi connectivity index (χ3v) is 4.76. The van der Waals surface area contributed by atoms with E-state index in [1.807, 2.05) is 36.5 Å². The molecular weight excluding hydrogens is 371 g/mol. The van der Waals surface area contributed by atoms with Gasteiger partial charge in [-0.3, -0.25) is 9.69 Å². The minimum absolute atomic E-state index is 0.118. The van der Waals surface area contributed by atoms with Gasteiger partial charge in [0.05, 0.1) is 11.9 Å². The number of hydrogen-bond donors (Lipinski definition) is 2. The second kappa shape index (κ2) is 9.20. The molecule has 0 spiro atoms. The van der Waals surface area contributed by atoms with Crippen molar-refractivity contribution >= 4 is 5.91 Å². The fraction of sp³-hybridized carbons (Fsp3) is 0.474. The van der Waals surface area contributed by atoms with Crippen LogP contribution in [-0.2, 0) is 11.2 Å². The van der Waals surface area contributed by atoms with Crippen molar-refractivity contribution in [3.05, 3.63) is 48.3 Å². The van der Waals surface area contributed by atoms with Crippen molar-refractivity contribution in [2.75, 3.05) is 32.7 Å². The van der Waals surface area contributed by atoms with Gasteiger partial charge in [-0.15, -0.1) is 0 Å². The molecule has 0 aliphatic carbocycles. The number of halogens is 3. The minimum atomic E-state index is -4.37. The van der Waals surface area contributed by atoms with Gasteiger partial charge in [-0.2, -0.15) is 18.3 Å². The molecule has 1 aliphatic heterocycles. The van der Waals surface area contributed by atoms with Crippen molar-refractivity contribution in [1.29, 1.82) is 0 Å². The van der Waals surface area contributed by atoms with Gasteiger partial charge in [-0.05, 0) is 24.1 Å². The van der Waals surface area contributed by atoms with Crippen LogP contribution >= 0.6 is 0 Å². The van der Waals surface area contributed by atoms with E-state index in [9.17, 15) is 18.0 Å². The summed E-state index contributed by atoms with van der Waals surface area (Å²) < 4.78 is 41.7. The number of para-hydroxylation sites is 1. The van der Waals surface area contributed by atoms with E-state index in [-0.39, 0.29) is 6.42 Å². The average molecular weight is 395 g/mol. The van der Waals surface area contributed by atoms with E-state index in [2.05, 4.69) is 15.7 Å². The normalized spacial score (nSPS) is 16.7. The Morgan fingerprint density at radius 1 is 1.21 bits per heavy atom. The van der Waals surface area contributed by atoms with Crippen LogP contribution in [0, 0.1) is 0 Å². The van der Waals surface area contributed by atoms with Gasteiger partial charge in [0.2, 0.25) is 5.91 Å². The SMILES string of the molecule is O=C(CCc1cnn(-c2ccccc2)c1)NCC(N1CCNCC1)C(F)(F)F. The van der Waals surface area contributed by atoms with Gasteiger partial charge in [-0.1, -0.05) is 18.2 Å². The fourth-order valence-corrected chi connectivity index (χ4v) is 3.21. The van der Waals surface area contributed by atoms with Crippen molar-refractivity contribution in [3.63, 3.8) is 0 Å². The number of alkyl halides is 3. The van der Waals surface area contributed by atoms with Crippen molar-refractivity contribution in [2.24, 2.45) is 0 Å². The second-order valence-electron chi connectivity index (χ2n) is 6.78. The Morgan fingerprint density at radius 2 is 1.93 bits per heavy atom.